The molecule has 0 spiro atoms. The third-order valence-electron chi connectivity index (χ3n) is 5.58. The molecular weight excluding hydrogens is 406 g/mol. The zero-order valence-electron chi connectivity index (χ0n) is 17.1. The number of anilines is 2. The van der Waals surface area contributed by atoms with Crippen LogP contribution in [-0.4, -0.2) is 29.1 Å². The van der Waals surface area contributed by atoms with Crippen molar-refractivity contribution < 1.29 is 17.6 Å². The second-order valence-electron chi connectivity index (χ2n) is 7.85. The number of nitrogens with zero attached hydrogens (tertiary/aromatic N) is 2. The van der Waals surface area contributed by atoms with Crippen molar-refractivity contribution in [3.05, 3.63) is 77.2 Å². The lowest BCUT2D eigenvalue weighted by Crippen LogP contribution is -2.33. The third-order valence-corrected chi connectivity index (χ3v) is 5.58. The quantitative estimate of drug-likeness (QED) is 0.486. The van der Waals surface area contributed by atoms with Gasteiger partial charge in [-0.1, -0.05) is 18.2 Å². The van der Waals surface area contributed by atoms with E-state index >= 15 is 0 Å². The Morgan fingerprint density at radius 3 is 2.68 bits per heavy atom. The molecule has 2 aromatic carbocycles. The van der Waals surface area contributed by atoms with Gasteiger partial charge in [0.2, 0.25) is 0 Å². The van der Waals surface area contributed by atoms with Gasteiger partial charge in [-0.15, -0.1) is 0 Å². The van der Waals surface area contributed by atoms with E-state index in [0.717, 1.165) is 33.6 Å². The first-order chi connectivity index (χ1) is 14.8. The number of halogens is 4. The normalized spacial score (nSPS) is 14.4. The summed E-state index contributed by atoms with van der Waals surface area (Å²) in [4.78, 5) is 6.03. The van der Waals surface area contributed by atoms with Gasteiger partial charge in [0.1, 0.15) is 5.82 Å². The molecule has 0 bridgehead atoms. The van der Waals surface area contributed by atoms with E-state index in [2.05, 4.69) is 10.3 Å². The van der Waals surface area contributed by atoms with E-state index in [1.807, 2.05) is 48.2 Å². The van der Waals surface area contributed by atoms with Crippen molar-refractivity contribution in [1.29, 1.82) is 0 Å². The standard InChI is InChI=1S/C24H23F4N3/c1-16-5-7-19(13-21(16)22-8-6-18(25)14-29-22)30-23-4-2-3-17-15-31(11-9-20(17)23)12-10-24(26,27)28/h2-8,13-14,30H,9-12,15H2,1H3. The van der Waals surface area contributed by atoms with E-state index in [4.69, 9.17) is 0 Å². The maximum Gasteiger partial charge on any atom is 0.390 e. The summed E-state index contributed by atoms with van der Waals surface area (Å²) in [5.74, 6) is -0.379. The Balaban J connectivity index is 1.54. The molecule has 0 amide bonds. The average molecular weight is 429 g/mol. The number of hydrogen-bond donors (Lipinski definition) is 1. The van der Waals surface area contributed by atoms with Gasteiger partial charge >= 0.3 is 6.18 Å². The fraction of sp³-hybridized carbons (Fsp3) is 0.292. The van der Waals surface area contributed by atoms with Crippen LogP contribution in [0.2, 0.25) is 0 Å². The average Bonchev–Trinajstić information content (AvgIpc) is 2.74. The summed E-state index contributed by atoms with van der Waals surface area (Å²) in [6.07, 6.45) is -3.03. The van der Waals surface area contributed by atoms with Crippen molar-refractivity contribution in [2.24, 2.45) is 0 Å². The predicted octanol–water partition coefficient (Wildman–Crippen LogP) is 6.25. The Hall–Kier alpha value is -2.93. The second kappa shape index (κ2) is 8.67. The summed E-state index contributed by atoms with van der Waals surface area (Å²) in [6, 6.07) is 14.9. The molecule has 0 unspecified atom stereocenters. The smallest absolute Gasteiger partial charge is 0.355 e. The maximum absolute atomic E-state index is 13.2. The molecule has 31 heavy (non-hydrogen) atoms. The Labute approximate surface area is 178 Å². The minimum atomic E-state index is -4.13. The molecule has 0 radical (unpaired) electrons. The Morgan fingerprint density at radius 1 is 1.10 bits per heavy atom. The number of aromatic nitrogens is 1. The third kappa shape index (κ3) is 5.22. The fourth-order valence-corrected chi connectivity index (χ4v) is 3.93. The summed E-state index contributed by atoms with van der Waals surface area (Å²) < 4.78 is 50.9. The van der Waals surface area contributed by atoms with Gasteiger partial charge in [-0.05, 0) is 60.4 Å². The minimum absolute atomic E-state index is 0.0204. The number of pyridine rings is 1. The van der Waals surface area contributed by atoms with Crippen LogP contribution < -0.4 is 5.32 Å². The van der Waals surface area contributed by atoms with Gasteiger partial charge < -0.3 is 5.32 Å². The van der Waals surface area contributed by atoms with Gasteiger partial charge in [-0.2, -0.15) is 13.2 Å². The number of rotatable bonds is 5. The van der Waals surface area contributed by atoms with Crippen LogP contribution in [0.1, 0.15) is 23.1 Å². The first-order valence-corrected chi connectivity index (χ1v) is 10.2. The molecule has 1 N–H and O–H groups in total. The number of fused-ring (bicyclic) bond motifs is 1. The maximum atomic E-state index is 13.2. The summed E-state index contributed by atoms with van der Waals surface area (Å²) in [6.45, 7) is 3.11. The van der Waals surface area contributed by atoms with Crippen LogP contribution >= 0.6 is 0 Å². The highest BCUT2D eigenvalue weighted by molar-refractivity contribution is 5.73. The Bertz CT molecular complexity index is 1060. The van der Waals surface area contributed by atoms with Crippen molar-refractivity contribution >= 4 is 11.4 Å². The molecule has 0 atom stereocenters. The zero-order chi connectivity index (χ0) is 22.0. The highest BCUT2D eigenvalue weighted by Crippen LogP contribution is 2.32. The fourth-order valence-electron chi connectivity index (χ4n) is 3.93. The summed E-state index contributed by atoms with van der Waals surface area (Å²) in [5.41, 5.74) is 6.64. The minimum Gasteiger partial charge on any atom is -0.355 e. The van der Waals surface area contributed by atoms with Gasteiger partial charge in [0.25, 0.3) is 0 Å². The van der Waals surface area contributed by atoms with Gasteiger partial charge in [0.15, 0.2) is 0 Å². The summed E-state index contributed by atoms with van der Waals surface area (Å²) in [7, 11) is 0. The largest absolute Gasteiger partial charge is 0.390 e. The highest BCUT2D eigenvalue weighted by atomic mass is 19.4. The lowest BCUT2D eigenvalue weighted by molar-refractivity contribution is -0.138. The lowest BCUT2D eigenvalue weighted by atomic mass is 9.97. The molecule has 2 heterocycles. The molecule has 1 aliphatic heterocycles. The van der Waals surface area contributed by atoms with Crippen molar-refractivity contribution in [3.8, 4) is 11.3 Å². The van der Waals surface area contributed by atoms with Crippen LogP contribution in [0.3, 0.4) is 0 Å². The van der Waals surface area contributed by atoms with E-state index in [1.165, 1.54) is 12.3 Å². The molecule has 3 aromatic rings. The first kappa shape index (κ1) is 21.3. The number of hydrogen-bond acceptors (Lipinski definition) is 3. The molecule has 0 saturated carbocycles. The molecule has 4 rings (SSSR count). The molecular formula is C24H23F4N3. The van der Waals surface area contributed by atoms with Gasteiger partial charge in [0, 0.05) is 36.6 Å². The number of benzene rings is 2. The molecule has 162 valence electrons. The highest BCUT2D eigenvalue weighted by Gasteiger charge is 2.29. The summed E-state index contributed by atoms with van der Waals surface area (Å²) >= 11 is 0. The number of alkyl halides is 3. The van der Waals surface area contributed by atoms with Gasteiger partial charge in [-0.25, -0.2) is 4.39 Å². The SMILES string of the molecule is Cc1ccc(Nc2cccc3c2CCN(CCC(F)(F)F)C3)cc1-c1ccc(F)cn1. The van der Waals surface area contributed by atoms with Crippen LogP contribution in [0, 0.1) is 12.7 Å². The predicted molar refractivity (Wildman–Crippen MR) is 114 cm³/mol. The first-order valence-electron chi connectivity index (χ1n) is 10.2. The van der Waals surface area contributed by atoms with Crippen LogP contribution in [0.25, 0.3) is 11.3 Å². The molecule has 0 saturated heterocycles. The second-order valence-corrected chi connectivity index (χ2v) is 7.85. The van der Waals surface area contributed by atoms with Crippen molar-refractivity contribution in [2.45, 2.75) is 32.5 Å². The van der Waals surface area contributed by atoms with E-state index in [-0.39, 0.29) is 12.4 Å². The van der Waals surface area contributed by atoms with Gasteiger partial charge in [0.05, 0.1) is 18.3 Å². The van der Waals surface area contributed by atoms with E-state index in [0.29, 0.717) is 25.2 Å². The Kier molecular flexibility index (Phi) is 5.96. The van der Waals surface area contributed by atoms with Gasteiger partial charge in [-0.3, -0.25) is 9.88 Å². The van der Waals surface area contributed by atoms with Crippen LogP contribution in [0.5, 0.6) is 0 Å². The molecule has 7 heteroatoms. The number of nitrogens with one attached hydrogen (secondary N) is 1. The monoisotopic (exact) mass is 429 g/mol. The molecule has 0 aliphatic carbocycles. The van der Waals surface area contributed by atoms with Crippen LogP contribution in [0.15, 0.2) is 54.7 Å². The zero-order valence-corrected chi connectivity index (χ0v) is 17.1. The van der Waals surface area contributed by atoms with E-state index < -0.39 is 12.6 Å². The number of aryl methyl sites for hydroxylation is 1. The molecule has 0 fully saturated rings. The lowest BCUT2D eigenvalue weighted by Gasteiger charge is -2.30. The van der Waals surface area contributed by atoms with Crippen LogP contribution in [-0.2, 0) is 13.0 Å². The van der Waals surface area contributed by atoms with Crippen molar-refractivity contribution in [1.82, 2.24) is 9.88 Å². The Morgan fingerprint density at radius 2 is 1.94 bits per heavy atom. The topological polar surface area (TPSA) is 28.2 Å². The molecule has 1 aliphatic rings. The van der Waals surface area contributed by atoms with E-state index in [1.54, 1.807) is 6.07 Å². The van der Waals surface area contributed by atoms with E-state index in [9.17, 15) is 17.6 Å². The molecule has 1 aromatic heterocycles. The van der Waals surface area contributed by atoms with Crippen molar-refractivity contribution in [2.75, 3.05) is 18.4 Å². The van der Waals surface area contributed by atoms with Crippen LogP contribution in [0.4, 0.5) is 28.9 Å². The molecule has 3 nitrogen and oxygen atoms in total. The van der Waals surface area contributed by atoms with Crippen molar-refractivity contribution in [3.63, 3.8) is 0 Å². The summed E-state index contributed by atoms with van der Waals surface area (Å²) in [5, 5.41) is 3.45.